The van der Waals surface area contributed by atoms with E-state index in [2.05, 4.69) is 25.9 Å². The summed E-state index contributed by atoms with van der Waals surface area (Å²) in [5, 5.41) is 15.5. The van der Waals surface area contributed by atoms with E-state index in [-0.39, 0.29) is 42.8 Å². The predicted molar refractivity (Wildman–Crippen MR) is 116 cm³/mol. The fraction of sp³-hybridized carbons (Fsp3) is 0.364. The molecule has 1 aromatic carbocycles. The molecule has 1 aliphatic heterocycles. The standard InChI is InChI=1S/C21H23N5O4.CH2O2/c27-19-12-30-18-9-14(3-6-17(18)26-19)21(29)25-15-4-1-13(2-5-15)20(28)24-11-16-10-22-7-8-23-16;2-1-3/h3,6-10,13,15H,1-2,4-5,11-12H2,(H,24,28)(H,25,29)(H,26,27);1H,(H,2,3). The van der Waals surface area contributed by atoms with Crippen LogP contribution in [-0.4, -0.2) is 51.9 Å². The van der Waals surface area contributed by atoms with Crippen molar-refractivity contribution in [1.29, 1.82) is 0 Å². The van der Waals surface area contributed by atoms with Crippen LogP contribution in [0.4, 0.5) is 5.69 Å². The Kier molecular flexibility index (Phi) is 8.28. The van der Waals surface area contributed by atoms with Gasteiger partial charge >= 0.3 is 0 Å². The van der Waals surface area contributed by atoms with Gasteiger partial charge < -0.3 is 25.8 Å². The fourth-order valence-corrected chi connectivity index (χ4v) is 3.73. The average Bonchev–Trinajstić information content (AvgIpc) is 2.84. The minimum atomic E-state index is -0.250. The number of anilines is 1. The van der Waals surface area contributed by atoms with Crippen LogP contribution < -0.4 is 20.7 Å². The van der Waals surface area contributed by atoms with Gasteiger partial charge in [0.1, 0.15) is 5.75 Å². The van der Waals surface area contributed by atoms with Crippen molar-refractivity contribution in [2.75, 3.05) is 11.9 Å². The molecule has 0 bridgehead atoms. The minimum Gasteiger partial charge on any atom is -0.483 e. The lowest BCUT2D eigenvalue weighted by atomic mass is 9.85. The first-order valence-electron chi connectivity index (χ1n) is 10.5. The zero-order valence-corrected chi connectivity index (χ0v) is 17.8. The highest BCUT2D eigenvalue weighted by atomic mass is 16.5. The van der Waals surface area contributed by atoms with E-state index in [1.165, 1.54) is 0 Å². The van der Waals surface area contributed by atoms with E-state index in [1.54, 1.807) is 36.8 Å². The third-order valence-electron chi connectivity index (χ3n) is 5.37. The number of benzene rings is 1. The van der Waals surface area contributed by atoms with E-state index in [1.807, 2.05) is 0 Å². The third-order valence-corrected chi connectivity index (χ3v) is 5.37. The Balaban J connectivity index is 0.000000968. The van der Waals surface area contributed by atoms with Crippen LogP contribution in [-0.2, 0) is 20.9 Å². The first kappa shape index (κ1) is 23.6. The molecule has 33 heavy (non-hydrogen) atoms. The second-order valence-electron chi connectivity index (χ2n) is 7.59. The van der Waals surface area contributed by atoms with Gasteiger partial charge in [-0.15, -0.1) is 0 Å². The van der Waals surface area contributed by atoms with Crippen molar-refractivity contribution in [3.63, 3.8) is 0 Å². The second kappa shape index (κ2) is 11.6. The molecule has 0 saturated heterocycles. The van der Waals surface area contributed by atoms with E-state index in [9.17, 15) is 14.4 Å². The molecule has 1 saturated carbocycles. The van der Waals surface area contributed by atoms with Crippen LogP contribution in [0, 0.1) is 5.92 Å². The number of nitrogens with one attached hydrogen (secondary N) is 3. The molecule has 11 nitrogen and oxygen atoms in total. The van der Waals surface area contributed by atoms with E-state index in [0.29, 0.717) is 23.5 Å². The van der Waals surface area contributed by atoms with Crippen LogP contribution >= 0.6 is 0 Å². The molecule has 4 N–H and O–H groups in total. The summed E-state index contributed by atoms with van der Waals surface area (Å²) in [4.78, 5) is 52.8. The summed E-state index contributed by atoms with van der Waals surface area (Å²) in [7, 11) is 0. The SMILES string of the molecule is O=C1COc2cc(C(=O)NC3CCC(C(=O)NCc4cnccn4)CC3)ccc2N1.O=CO. The van der Waals surface area contributed by atoms with Gasteiger partial charge in [-0.3, -0.25) is 29.1 Å². The number of carbonyl (C=O) groups is 4. The fourth-order valence-electron chi connectivity index (χ4n) is 3.73. The lowest BCUT2D eigenvalue weighted by molar-refractivity contribution is -0.126. The minimum absolute atomic E-state index is 0.0133. The summed E-state index contributed by atoms with van der Waals surface area (Å²) >= 11 is 0. The smallest absolute Gasteiger partial charge is 0.290 e. The maximum Gasteiger partial charge on any atom is 0.290 e. The largest absolute Gasteiger partial charge is 0.483 e. The number of carbonyl (C=O) groups excluding carboxylic acids is 3. The molecule has 0 atom stereocenters. The Morgan fingerprint density at radius 2 is 1.97 bits per heavy atom. The van der Waals surface area contributed by atoms with Crippen molar-refractivity contribution in [1.82, 2.24) is 20.6 Å². The van der Waals surface area contributed by atoms with Crippen molar-refractivity contribution < 1.29 is 29.0 Å². The molecule has 2 aromatic rings. The number of amides is 3. The first-order valence-corrected chi connectivity index (χ1v) is 10.5. The highest BCUT2D eigenvalue weighted by Gasteiger charge is 2.27. The number of carboxylic acid groups (broad SMARTS) is 1. The Hall–Kier alpha value is -4.02. The first-order chi connectivity index (χ1) is 16.0. The Labute approximate surface area is 190 Å². The average molecular weight is 455 g/mol. The molecule has 11 heteroatoms. The lowest BCUT2D eigenvalue weighted by Crippen LogP contribution is -2.40. The highest BCUT2D eigenvalue weighted by Crippen LogP contribution is 2.29. The lowest BCUT2D eigenvalue weighted by Gasteiger charge is -2.28. The topological polar surface area (TPSA) is 160 Å². The summed E-state index contributed by atoms with van der Waals surface area (Å²) in [6.07, 6.45) is 7.74. The molecule has 1 aliphatic carbocycles. The summed E-state index contributed by atoms with van der Waals surface area (Å²) in [5.74, 6) is 0.0478. The van der Waals surface area contributed by atoms with E-state index < -0.39 is 0 Å². The zero-order chi connectivity index (χ0) is 23.6. The molecular weight excluding hydrogens is 430 g/mol. The van der Waals surface area contributed by atoms with E-state index in [4.69, 9.17) is 14.6 Å². The van der Waals surface area contributed by atoms with Crippen LogP contribution in [0.2, 0.25) is 0 Å². The number of aromatic nitrogens is 2. The van der Waals surface area contributed by atoms with Gasteiger partial charge in [0.2, 0.25) is 5.91 Å². The maximum atomic E-state index is 12.6. The number of nitrogens with zero attached hydrogens (tertiary/aromatic N) is 2. The number of ether oxygens (including phenoxy) is 1. The Morgan fingerprint density at radius 1 is 1.21 bits per heavy atom. The van der Waals surface area contributed by atoms with Gasteiger partial charge in [0.15, 0.2) is 6.61 Å². The molecule has 0 radical (unpaired) electrons. The van der Waals surface area contributed by atoms with Gasteiger partial charge in [-0.25, -0.2) is 0 Å². The quantitative estimate of drug-likeness (QED) is 0.488. The predicted octanol–water partition coefficient (Wildman–Crippen LogP) is 1.11. The number of rotatable bonds is 5. The van der Waals surface area contributed by atoms with Gasteiger partial charge in [0.05, 0.1) is 24.1 Å². The van der Waals surface area contributed by atoms with Gasteiger partial charge in [-0.05, 0) is 43.9 Å². The van der Waals surface area contributed by atoms with Crippen molar-refractivity contribution >= 4 is 29.9 Å². The Morgan fingerprint density at radius 3 is 2.67 bits per heavy atom. The second-order valence-corrected chi connectivity index (χ2v) is 7.59. The molecule has 2 heterocycles. The summed E-state index contributed by atoms with van der Waals surface area (Å²) < 4.78 is 5.37. The van der Waals surface area contributed by atoms with Crippen LogP contribution in [0.25, 0.3) is 0 Å². The molecular formula is C22H25N5O6. The summed E-state index contributed by atoms with van der Waals surface area (Å²) in [6.45, 7) is 0.0607. The zero-order valence-electron chi connectivity index (χ0n) is 17.8. The van der Waals surface area contributed by atoms with Crippen molar-refractivity contribution in [2.24, 2.45) is 5.92 Å². The number of hydrogen-bond donors (Lipinski definition) is 4. The third kappa shape index (κ3) is 6.73. The van der Waals surface area contributed by atoms with Crippen LogP contribution in [0.1, 0.15) is 41.7 Å². The number of fused-ring (bicyclic) bond motifs is 1. The van der Waals surface area contributed by atoms with Gasteiger partial charge in [-0.1, -0.05) is 0 Å². The highest BCUT2D eigenvalue weighted by molar-refractivity contribution is 5.99. The van der Waals surface area contributed by atoms with Crippen molar-refractivity contribution in [2.45, 2.75) is 38.3 Å². The molecule has 174 valence electrons. The molecule has 4 rings (SSSR count). The van der Waals surface area contributed by atoms with Crippen molar-refractivity contribution in [3.8, 4) is 5.75 Å². The van der Waals surface area contributed by atoms with Gasteiger partial charge in [0.25, 0.3) is 18.3 Å². The molecule has 1 aromatic heterocycles. The molecule has 1 fully saturated rings. The van der Waals surface area contributed by atoms with Crippen LogP contribution in [0.15, 0.2) is 36.8 Å². The molecule has 0 unspecified atom stereocenters. The summed E-state index contributed by atoms with van der Waals surface area (Å²) in [5.41, 5.74) is 1.77. The molecule has 2 aliphatic rings. The Bertz CT molecular complexity index is 992. The van der Waals surface area contributed by atoms with Gasteiger partial charge in [0, 0.05) is 29.9 Å². The molecule has 0 spiro atoms. The molecule has 3 amide bonds. The van der Waals surface area contributed by atoms with Crippen LogP contribution in [0.3, 0.4) is 0 Å². The van der Waals surface area contributed by atoms with E-state index in [0.717, 1.165) is 31.4 Å². The number of hydrogen-bond acceptors (Lipinski definition) is 7. The van der Waals surface area contributed by atoms with Gasteiger partial charge in [-0.2, -0.15) is 0 Å². The maximum absolute atomic E-state index is 12.6. The summed E-state index contributed by atoms with van der Waals surface area (Å²) in [6, 6.07) is 4.99. The van der Waals surface area contributed by atoms with E-state index >= 15 is 0 Å². The van der Waals surface area contributed by atoms with Crippen molar-refractivity contribution in [3.05, 3.63) is 48.0 Å². The van der Waals surface area contributed by atoms with Crippen LogP contribution in [0.5, 0.6) is 5.75 Å². The normalized spacial score (nSPS) is 18.8. The monoisotopic (exact) mass is 455 g/mol.